The Hall–Kier alpha value is -1.38. The number of halogens is 3. The molecule has 0 saturated carbocycles. The number of ketones is 1. The number of hydrogen-bond acceptors (Lipinski definition) is 1. The highest BCUT2D eigenvalue weighted by atomic mass is 35.5. The second-order valence-corrected chi connectivity index (χ2v) is 4.82. The molecular weight excluding hydrogens is 274 g/mol. The average molecular weight is 283 g/mol. The summed E-state index contributed by atoms with van der Waals surface area (Å²) in [6, 6.07) is 8.67. The first-order valence-electron chi connectivity index (χ1n) is 5.24. The summed E-state index contributed by atoms with van der Waals surface area (Å²) in [4.78, 5) is 12.2. The predicted octanol–water partition coefficient (Wildman–Crippen LogP) is 4.67. The third-order valence-corrected chi connectivity index (χ3v) is 2.99. The molecule has 0 N–H and O–H groups in total. The van der Waals surface area contributed by atoms with Crippen molar-refractivity contribution in [2.75, 3.05) is 0 Å². The van der Waals surface area contributed by atoms with Gasteiger partial charge in [0.05, 0.1) is 0 Å². The molecule has 0 aliphatic rings. The van der Waals surface area contributed by atoms with E-state index in [-0.39, 0.29) is 11.6 Å². The van der Waals surface area contributed by atoms with Crippen molar-refractivity contribution in [3.8, 4) is 0 Å². The number of benzene rings is 2. The molecule has 0 radical (unpaired) electrons. The molecular formula is C14H9Cl2FO. The minimum absolute atomic E-state index is 0.225. The van der Waals surface area contributed by atoms with Crippen molar-refractivity contribution in [1.82, 2.24) is 0 Å². The van der Waals surface area contributed by atoms with E-state index in [2.05, 4.69) is 0 Å². The van der Waals surface area contributed by atoms with Gasteiger partial charge in [0.2, 0.25) is 0 Å². The lowest BCUT2D eigenvalue weighted by atomic mass is 9.99. The van der Waals surface area contributed by atoms with Crippen molar-refractivity contribution >= 4 is 29.0 Å². The quantitative estimate of drug-likeness (QED) is 0.732. The summed E-state index contributed by atoms with van der Waals surface area (Å²) in [5.41, 5.74) is 1.41. The number of rotatable bonds is 2. The van der Waals surface area contributed by atoms with Crippen LogP contribution in [0.15, 0.2) is 36.4 Å². The Labute approximate surface area is 114 Å². The summed E-state index contributed by atoms with van der Waals surface area (Å²) in [7, 11) is 0. The van der Waals surface area contributed by atoms with Crippen molar-refractivity contribution in [3.05, 3.63) is 69.0 Å². The van der Waals surface area contributed by atoms with Gasteiger partial charge in [-0.3, -0.25) is 4.79 Å². The fraction of sp³-hybridized carbons (Fsp3) is 0.0714. The van der Waals surface area contributed by atoms with Crippen LogP contribution in [0.2, 0.25) is 10.0 Å². The lowest BCUT2D eigenvalue weighted by Gasteiger charge is -2.06. The number of aryl methyl sites for hydroxylation is 1. The second kappa shape index (κ2) is 5.09. The maximum Gasteiger partial charge on any atom is 0.193 e. The number of carbonyl (C=O) groups is 1. The first kappa shape index (κ1) is 13.1. The summed E-state index contributed by atoms with van der Waals surface area (Å²) >= 11 is 11.7. The first-order chi connectivity index (χ1) is 8.47. The third kappa shape index (κ3) is 2.71. The molecule has 0 saturated heterocycles. The van der Waals surface area contributed by atoms with Gasteiger partial charge in [-0.05, 0) is 48.9 Å². The molecule has 2 rings (SSSR count). The monoisotopic (exact) mass is 282 g/mol. The predicted molar refractivity (Wildman–Crippen MR) is 71.0 cm³/mol. The van der Waals surface area contributed by atoms with Crippen LogP contribution in [-0.2, 0) is 0 Å². The van der Waals surface area contributed by atoms with Crippen molar-refractivity contribution < 1.29 is 9.18 Å². The van der Waals surface area contributed by atoms with Gasteiger partial charge in [0.1, 0.15) is 5.82 Å². The second-order valence-electron chi connectivity index (χ2n) is 3.95. The van der Waals surface area contributed by atoms with E-state index in [0.29, 0.717) is 26.7 Å². The summed E-state index contributed by atoms with van der Waals surface area (Å²) < 4.78 is 13.0. The van der Waals surface area contributed by atoms with Crippen LogP contribution in [0, 0.1) is 12.7 Å². The molecule has 2 aromatic rings. The first-order valence-corrected chi connectivity index (χ1v) is 6.00. The lowest BCUT2D eigenvalue weighted by molar-refractivity contribution is 0.103. The van der Waals surface area contributed by atoms with Gasteiger partial charge in [0.25, 0.3) is 0 Å². The molecule has 0 aliphatic heterocycles. The zero-order chi connectivity index (χ0) is 13.3. The largest absolute Gasteiger partial charge is 0.289 e. The van der Waals surface area contributed by atoms with Gasteiger partial charge in [-0.2, -0.15) is 0 Å². The van der Waals surface area contributed by atoms with E-state index in [1.165, 1.54) is 18.2 Å². The number of carbonyl (C=O) groups excluding carboxylic acids is 1. The highest BCUT2D eigenvalue weighted by Crippen LogP contribution is 2.22. The van der Waals surface area contributed by atoms with Gasteiger partial charge in [-0.15, -0.1) is 0 Å². The van der Waals surface area contributed by atoms with Crippen LogP contribution in [0.25, 0.3) is 0 Å². The Morgan fingerprint density at radius 1 is 1.06 bits per heavy atom. The molecule has 0 bridgehead atoms. The minimum Gasteiger partial charge on any atom is -0.289 e. The van der Waals surface area contributed by atoms with E-state index in [9.17, 15) is 9.18 Å². The molecule has 92 valence electrons. The van der Waals surface area contributed by atoms with Crippen LogP contribution in [0.4, 0.5) is 4.39 Å². The van der Waals surface area contributed by atoms with Crippen LogP contribution < -0.4 is 0 Å². The molecule has 0 heterocycles. The van der Waals surface area contributed by atoms with E-state index in [4.69, 9.17) is 23.2 Å². The Balaban J connectivity index is 2.47. The molecule has 1 nitrogen and oxygen atoms in total. The summed E-state index contributed by atoms with van der Waals surface area (Å²) in [6.45, 7) is 1.68. The Kier molecular flexibility index (Phi) is 3.69. The highest BCUT2D eigenvalue weighted by Gasteiger charge is 2.13. The van der Waals surface area contributed by atoms with E-state index in [0.717, 1.165) is 0 Å². The molecule has 2 aromatic carbocycles. The van der Waals surface area contributed by atoms with Crippen LogP contribution in [0.5, 0.6) is 0 Å². The summed E-state index contributed by atoms with van der Waals surface area (Å²) in [5.74, 6) is -0.593. The fourth-order valence-corrected chi connectivity index (χ4v) is 2.25. The molecule has 0 amide bonds. The van der Waals surface area contributed by atoms with Crippen molar-refractivity contribution in [3.63, 3.8) is 0 Å². The van der Waals surface area contributed by atoms with Crippen LogP contribution in [-0.4, -0.2) is 5.78 Å². The van der Waals surface area contributed by atoms with Crippen molar-refractivity contribution in [2.45, 2.75) is 6.92 Å². The SMILES string of the molecule is Cc1cc(F)ccc1C(=O)c1cc(Cl)cc(Cl)c1. The van der Waals surface area contributed by atoms with Gasteiger partial charge in [-0.1, -0.05) is 23.2 Å². The smallest absolute Gasteiger partial charge is 0.193 e. The summed E-state index contributed by atoms with van der Waals surface area (Å²) in [6.07, 6.45) is 0. The van der Waals surface area contributed by atoms with E-state index < -0.39 is 0 Å². The molecule has 0 aromatic heterocycles. The minimum atomic E-state index is -0.367. The van der Waals surface area contributed by atoms with Crippen molar-refractivity contribution in [2.24, 2.45) is 0 Å². The van der Waals surface area contributed by atoms with Gasteiger partial charge in [-0.25, -0.2) is 4.39 Å². The lowest BCUT2D eigenvalue weighted by Crippen LogP contribution is -2.04. The van der Waals surface area contributed by atoms with Crippen LogP contribution >= 0.6 is 23.2 Å². The molecule has 0 aliphatic carbocycles. The molecule has 0 atom stereocenters. The Morgan fingerprint density at radius 3 is 2.22 bits per heavy atom. The maximum absolute atomic E-state index is 13.0. The maximum atomic E-state index is 13.0. The van der Waals surface area contributed by atoms with E-state index in [1.54, 1.807) is 25.1 Å². The zero-order valence-electron chi connectivity index (χ0n) is 9.51. The Morgan fingerprint density at radius 2 is 1.67 bits per heavy atom. The molecule has 0 fully saturated rings. The van der Waals surface area contributed by atoms with Crippen LogP contribution in [0.3, 0.4) is 0 Å². The molecule has 0 spiro atoms. The van der Waals surface area contributed by atoms with Gasteiger partial charge in [0, 0.05) is 21.2 Å². The van der Waals surface area contributed by atoms with Gasteiger partial charge in [0.15, 0.2) is 5.78 Å². The Bertz CT molecular complexity index is 603. The van der Waals surface area contributed by atoms with Crippen molar-refractivity contribution in [1.29, 1.82) is 0 Å². The van der Waals surface area contributed by atoms with E-state index in [1.807, 2.05) is 0 Å². The van der Waals surface area contributed by atoms with Gasteiger partial charge < -0.3 is 0 Å². The molecule has 18 heavy (non-hydrogen) atoms. The normalized spacial score (nSPS) is 10.4. The molecule has 0 unspecified atom stereocenters. The third-order valence-electron chi connectivity index (χ3n) is 2.56. The number of hydrogen-bond donors (Lipinski definition) is 0. The zero-order valence-corrected chi connectivity index (χ0v) is 11.0. The van der Waals surface area contributed by atoms with E-state index >= 15 is 0 Å². The van der Waals surface area contributed by atoms with Crippen LogP contribution in [0.1, 0.15) is 21.5 Å². The molecule has 4 heteroatoms. The topological polar surface area (TPSA) is 17.1 Å². The standard InChI is InChI=1S/C14H9Cl2FO/c1-8-4-12(17)2-3-13(8)14(18)9-5-10(15)7-11(16)6-9/h2-7H,1H3. The highest BCUT2D eigenvalue weighted by molar-refractivity contribution is 6.35. The summed E-state index contributed by atoms with van der Waals surface area (Å²) in [5, 5.41) is 0.788. The average Bonchev–Trinajstić information content (AvgIpc) is 2.26. The van der Waals surface area contributed by atoms with Gasteiger partial charge >= 0.3 is 0 Å². The fourth-order valence-electron chi connectivity index (χ4n) is 1.72.